The SMILES string of the molecule is COC(=O)C1CCC(n2cc(B3OC(C)(C)C(C)(C)O3)cn2)CC1(C)C. The van der Waals surface area contributed by atoms with E-state index in [1.165, 1.54) is 7.11 Å². The Morgan fingerprint density at radius 1 is 1.19 bits per heavy atom. The molecule has 1 saturated carbocycles. The summed E-state index contributed by atoms with van der Waals surface area (Å²) in [5, 5.41) is 4.58. The molecule has 0 amide bonds. The van der Waals surface area contributed by atoms with Crippen LogP contribution in [0.5, 0.6) is 0 Å². The monoisotopic (exact) mass is 362 g/mol. The molecule has 2 fully saturated rings. The summed E-state index contributed by atoms with van der Waals surface area (Å²) >= 11 is 0. The first-order valence-electron chi connectivity index (χ1n) is 9.44. The second kappa shape index (κ2) is 6.38. The molecule has 2 heterocycles. The molecule has 6 nitrogen and oxygen atoms in total. The standard InChI is InChI=1S/C19H31BN2O4/c1-17(2)10-14(8-9-15(17)16(23)24-7)22-12-13(11-21-22)20-25-18(3,4)19(5,6)26-20/h11-12,14-15H,8-10H2,1-7H3. The molecular weight excluding hydrogens is 331 g/mol. The minimum absolute atomic E-state index is 0.0538. The number of aromatic nitrogens is 2. The van der Waals surface area contributed by atoms with Crippen LogP contribution in [-0.2, 0) is 18.8 Å². The number of esters is 1. The maximum absolute atomic E-state index is 12.0. The van der Waals surface area contributed by atoms with E-state index in [1.807, 2.05) is 44.8 Å². The molecule has 1 saturated heterocycles. The van der Waals surface area contributed by atoms with Crippen molar-refractivity contribution < 1.29 is 18.8 Å². The van der Waals surface area contributed by atoms with E-state index in [2.05, 4.69) is 18.9 Å². The van der Waals surface area contributed by atoms with Crippen LogP contribution in [0.3, 0.4) is 0 Å². The van der Waals surface area contributed by atoms with E-state index >= 15 is 0 Å². The van der Waals surface area contributed by atoms with Crippen LogP contribution in [0.4, 0.5) is 0 Å². The fraction of sp³-hybridized carbons (Fsp3) is 0.789. The summed E-state index contributed by atoms with van der Waals surface area (Å²) in [6.07, 6.45) is 6.48. The van der Waals surface area contributed by atoms with Crippen molar-refractivity contribution in [2.45, 2.75) is 78.0 Å². The van der Waals surface area contributed by atoms with Gasteiger partial charge in [0.1, 0.15) is 0 Å². The molecule has 2 unspecified atom stereocenters. The normalized spacial score (nSPS) is 29.6. The molecule has 1 aromatic heterocycles. The van der Waals surface area contributed by atoms with Crippen molar-refractivity contribution in [3.8, 4) is 0 Å². The lowest BCUT2D eigenvalue weighted by atomic mass is 9.67. The van der Waals surface area contributed by atoms with Gasteiger partial charge in [0.25, 0.3) is 0 Å². The van der Waals surface area contributed by atoms with Gasteiger partial charge in [-0.25, -0.2) is 0 Å². The summed E-state index contributed by atoms with van der Waals surface area (Å²) in [5.41, 5.74) is 0.101. The van der Waals surface area contributed by atoms with E-state index in [-0.39, 0.29) is 34.5 Å². The number of nitrogens with zero attached hydrogens (tertiary/aromatic N) is 2. The second-order valence-corrected chi connectivity index (χ2v) is 9.34. The fourth-order valence-electron chi connectivity index (χ4n) is 4.06. The van der Waals surface area contributed by atoms with Crippen LogP contribution in [0.25, 0.3) is 0 Å². The van der Waals surface area contributed by atoms with Gasteiger partial charge < -0.3 is 14.0 Å². The van der Waals surface area contributed by atoms with Gasteiger partial charge in [0.15, 0.2) is 0 Å². The van der Waals surface area contributed by atoms with Crippen LogP contribution < -0.4 is 5.46 Å². The molecular formula is C19H31BN2O4. The largest absolute Gasteiger partial charge is 0.498 e. The summed E-state index contributed by atoms with van der Waals surface area (Å²) in [6, 6.07) is 0.266. The molecule has 0 radical (unpaired) electrons. The summed E-state index contributed by atoms with van der Waals surface area (Å²) in [5.74, 6) is -0.159. The Hall–Kier alpha value is -1.34. The number of ether oxygens (including phenoxy) is 1. The zero-order valence-electron chi connectivity index (χ0n) is 17.0. The van der Waals surface area contributed by atoms with Crippen LogP contribution in [0.1, 0.15) is 66.8 Å². The fourth-order valence-corrected chi connectivity index (χ4v) is 4.06. The van der Waals surface area contributed by atoms with Crippen molar-refractivity contribution in [3.63, 3.8) is 0 Å². The third-order valence-electron chi connectivity index (χ3n) is 6.50. The molecule has 3 rings (SSSR count). The molecule has 2 atom stereocenters. The van der Waals surface area contributed by atoms with Crippen LogP contribution in [0, 0.1) is 11.3 Å². The molecule has 1 aliphatic carbocycles. The highest BCUT2D eigenvalue weighted by atomic mass is 16.7. The van der Waals surface area contributed by atoms with Gasteiger partial charge in [0.05, 0.1) is 30.3 Å². The first kappa shape index (κ1) is 19.4. The maximum Gasteiger partial charge on any atom is 0.498 e. The highest BCUT2D eigenvalue weighted by Crippen LogP contribution is 2.45. The summed E-state index contributed by atoms with van der Waals surface area (Å²) in [7, 11) is 1.07. The predicted octanol–water partition coefficient (Wildman–Crippen LogP) is 2.72. The summed E-state index contributed by atoms with van der Waals surface area (Å²) in [6.45, 7) is 12.5. The molecule has 0 spiro atoms. The molecule has 0 bridgehead atoms. The third-order valence-corrected chi connectivity index (χ3v) is 6.50. The van der Waals surface area contributed by atoms with Crippen molar-refractivity contribution in [3.05, 3.63) is 12.4 Å². The average Bonchev–Trinajstić information content (AvgIpc) is 3.09. The number of carbonyl (C=O) groups is 1. The Kier molecular flexibility index (Phi) is 4.76. The Bertz CT molecular complexity index is 667. The van der Waals surface area contributed by atoms with Crippen molar-refractivity contribution in [2.24, 2.45) is 11.3 Å². The lowest BCUT2D eigenvalue weighted by Gasteiger charge is -2.40. The quantitative estimate of drug-likeness (QED) is 0.611. The molecule has 1 aliphatic heterocycles. The smallest absolute Gasteiger partial charge is 0.469 e. The highest BCUT2D eigenvalue weighted by Gasteiger charge is 2.52. The van der Waals surface area contributed by atoms with E-state index in [1.54, 1.807) is 0 Å². The van der Waals surface area contributed by atoms with E-state index in [4.69, 9.17) is 14.0 Å². The Labute approximate surface area is 156 Å². The molecule has 0 N–H and O–H groups in total. The number of methoxy groups -OCH3 is 1. The summed E-state index contributed by atoms with van der Waals surface area (Å²) in [4.78, 5) is 12.0. The minimum atomic E-state index is -0.395. The molecule has 144 valence electrons. The van der Waals surface area contributed by atoms with E-state index in [0.29, 0.717) is 0 Å². The van der Waals surface area contributed by atoms with Crippen LogP contribution in [0.15, 0.2) is 12.4 Å². The number of hydrogen-bond donors (Lipinski definition) is 0. The number of hydrogen-bond acceptors (Lipinski definition) is 5. The molecule has 26 heavy (non-hydrogen) atoms. The van der Waals surface area contributed by atoms with E-state index in [0.717, 1.165) is 24.7 Å². The molecule has 0 aromatic carbocycles. The average molecular weight is 362 g/mol. The minimum Gasteiger partial charge on any atom is -0.469 e. The number of carbonyl (C=O) groups excluding carboxylic acids is 1. The van der Waals surface area contributed by atoms with Gasteiger partial charge in [-0.2, -0.15) is 5.10 Å². The Balaban J connectivity index is 1.73. The molecule has 2 aliphatic rings. The van der Waals surface area contributed by atoms with Crippen LogP contribution in [0.2, 0.25) is 0 Å². The second-order valence-electron chi connectivity index (χ2n) is 9.34. The van der Waals surface area contributed by atoms with E-state index < -0.39 is 7.12 Å². The Morgan fingerprint density at radius 2 is 1.81 bits per heavy atom. The zero-order valence-corrected chi connectivity index (χ0v) is 17.0. The lowest BCUT2D eigenvalue weighted by molar-refractivity contribution is -0.152. The van der Waals surface area contributed by atoms with Gasteiger partial charge in [0, 0.05) is 17.9 Å². The van der Waals surface area contributed by atoms with Gasteiger partial charge in [-0.15, -0.1) is 0 Å². The first-order valence-corrected chi connectivity index (χ1v) is 9.44. The number of rotatable bonds is 3. The van der Waals surface area contributed by atoms with Gasteiger partial charge in [-0.05, 0) is 52.4 Å². The Morgan fingerprint density at radius 3 is 2.35 bits per heavy atom. The van der Waals surface area contributed by atoms with Crippen molar-refractivity contribution in [1.29, 1.82) is 0 Å². The lowest BCUT2D eigenvalue weighted by Crippen LogP contribution is -2.41. The van der Waals surface area contributed by atoms with Gasteiger partial charge >= 0.3 is 13.1 Å². The van der Waals surface area contributed by atoms with Gasteiger partial charge in [0.2, 0.25) is 0 Å². The van der Waals surface area contributed by atoms with Crippen molar-refractivity contribution >= 4 is 18.6 Å². The van der Waals surface area contributed by atoms with Crippen molar-refractivity contribution in [2.75, 3.05) is 7.11 Å². The van der Waals surface area contributed by atoms with Crippen LogP contribution >= 0.6 is 0 Å². The zero-order chi connectivity index (χ0) is 19.3. The van der Waals surface area contributed by atoms with Gasteiger partial charge in [-0.1, -0.05) is 13.8 Å². The predicted molar refractivity (Wildman–Crippen MR) is 100 cm³/mol. The summed E-state index contributed by atoms with van der Waals surface area (Å²) < 4.78 is 19.2. The molecule has 1 aromatic rings. The topological polar surface area (TPSA) is 62.6 Å². The van der Waals surface area contributed by atoms with Crippen molar-refractivity contribution in [1.82, 2.24) is 9.78 Å². The maximum atomic E-state index is 12.0. The molecule has 7 heteroatoms. The van der Waals surface area contributed by atoms with Crippen LogP contribution in [-0.4, -0.2) is 41.2 Å². The first-order chi connectivity index (χ1) is 12.0. The third kappa shape index (κ3) is 3.31. The van der Waals surface area contributed by atoms with Gasteiger partial charge in [-0.3, -0.25) is 9.48 Å². The highest BCUT2D eigenvalue weighted by molar-refractivity contribution is 6.62. The van der Waals surface area contributed by atoms with E-state index in [9.17, 15) is 4.79 Å².